The van der Waals surface area contributed by atoms with Crippen molar-refractivity contribution in [1.29, 1.82) is 0 Å². The molecule has 1 N–H and O–H groups in total. The third kappa shape index (κ3) is 4.32. The molecule has 0 radical (unpaired) electrons. The van der Waals surface area contributed by atoms with Crippen molar-refractivity contribution >= 4 is 5.91 Å². The lowest BCUT2D eigenvalue weighted by Gasteiger charge is -2.38. The van der Waals surface area contributed by atoms with Crippen molar-refractivity contribution in [2.75, 3.05) is 26.2 Å². The predicted octanol–water partition coefficient (Wildman–Crippen LogP) is 2.82. The van der Waals surface area contributed by atoms with Gasteiger partial charge in [-0.3, -0.25) is 14.6 Å². The first-order chi connectivity index (χ1) is 12.8. The first kappa shape index (κ1) is 17.3. The van der Waals surface area contributed by atoms with Gasteiger partial charge in [-0.05, 0) is 24.0 Å². The van der Waals surface area contributed by atoms with Crippen LogP contribution in [0.4, 0.5) is 0 Å². The molecule has 4 heteroatoms. The molecule has 0 aromatic heterocycles. The molecular weight excluding hydrogens is 322 g/mol. The van der Waals surface area contributed by atoms with Crippen LogP contribution in [-0.4, -0.2) is 47.9 Å². The summed E-state index contributed by atoms with van der Waals surface area (Å²) in [5, 5.41) is 3.21. The van der Waals surface area contributed by atoms with Crippen LogP contribution in [0.3, 0.4) is 0 Å². The van der Waals surface area contributed by atoms with Gasteiger partial charge in [-0.25, -0.2) is 0 Å². The number of hydrogen-bond acceptors (Lipinski definition) is 3. The van der Waals surface area contributed by atoms with E-state index in [-0.39, 0.29) is 11.9 Å². The van der Waals surface area contributed by atoms with E-state index in [0.717, 1.165) is 51.1 Å². The molecule has 1 amide bonds. The second-order valence-electron chi connectivity index (χ2n) is 7.39. The molecule has 4 nitrogen and oxygen atoms in total. The highest BCUT2D eigenvalue weighted by Gasteiger charge is 2.33. The van der Waals surface area contributed by atoms with Gasteiger partial charge in [-0.2, -0.15) is 0 Å². The van der Waals surface area contributed by atoms with Crippen LogP contribution in [0, 0.1) is 0 Å². The monoisotopic (exact) mass is 349 g/mol. The Bertz CT molecular complexity index is 707. The lowest BCUT2D eigenvalue weighted by molar-refractivity contribution is -0.127. The molecule has 2 aromatic rings. The summed E-state index contributed by atoms with van der Waals surface area (Å²) in [6, 6.07) is 21.1. The summed E-state index contributed by atoms with van der Waals surface area (Å²) in [5.74, 6) is 0.162. The zero-order chi connectivity index (χ0) is 17.8. The van der Waals surface area contributed by atoms with Crippen LogP contribution in [0.15, 0.2) is 60.7 Å². The van der Waals surface area contributed by atoms with E-state index in [9.17, 15) is 4.79 Å². The molecule has 0 spiro atoms. The third-order valence-corrected chi connectivity index (χ3v) is 5.31. The number of hydrogen-bond donors (Lipinski definition) is 1. The molecule has 1 aliphatic heterocycles. The van der Waals surface area contributed by atoms with Crippen LogP contribution in [0.5, 0.6) is 0 Å². The van der Waals surface area contributed by atoms with Gasteiger partial charge in [0.05, 0.1) is 0 Å². The normalized spacial score (nSPS) is 19.8. The fraction of sp³-hybridized carbons (Fsp3) is 0.409. The summed E-state index contributed by atoms with van der Waals surface area (Å²) in [6.45, 7) is 4.82. The molecule has 1 aliphatic carbocycles. The summed E-state index contributed by atoms with van der Waals surface area (Å²) >= 11 is 0. The van der Waals surface area contributed by atoms with Gasteiger partial charge in [0, 0.05) is 38.8 Å². The molecule has 136 valence electrons. The highest BCUT2D eigenvalue weighted by molar-refractivity contribution is 5.83. The van der Waals surface area contributed by atoms with E-state index in [2.05, 4.69) is 57.6 Å². The summed E-state index contributed by atoms with van der Waals surface area (Å²) in [4.78, 5) is 17.7. The summed E-state index contributed by atoms with van der Waals surface area (Å²) in [6.07, 6.45) is 2.25. The van der Waals surface area contributed by atoms with E-state index in [0.29, 0.717) is 6.04 Å². The second-order valence-corrected chi connectivity index (χ2v) is 7.39. The van der Waals surface area contributed by atoms with Gasteiger partial charge in [-0.15, -0.1) is 0 Å². The number of nitrogens with one attached hydrogen (secondary N) is 1. The summed E-state index contributed by atoms with van der Waals surface area (Å²) in [5.41, 5.74) is 2.45. The van der Waals surface area contributed by atoms with Gasteiger partial charge in [0.1, 0.15) is 6.04 Å². The number of benzene rings is 2. The minimum atomic E-state index is -0.171. The minimum absolute atomic E-state index is 0.162. The SMILES string of the molecule is O=C(NC1CC1)[C@H](c1ccccc1)N1CCN(Cc2ccccc2)CC1. The van der Waals surface area contributed by atoms with Crippen molar-refractivity contribution in [3.63, 3.8) is 0 Å². The highest BCUT2D eigenvalue weighted by atomic mass is 16.2. The van der Waals surface area contributed by atoms with Crippen LogP contribution < -0.4 is 5.32 Å². The average molecular weight is 349 g/mol. The molecule has 0 unspecified atom stereocenters. The third-order valence-electron chi connectivity index (χ3n) is 5.31. The maximum absolute atomic E-state index is 12.9. The molecule has 4 rings (SSSR count). The lowest BCUT2D eigenvalue weighted by atomic mass is 10.0. The predicted molar refractivity (Wildman–Crippen MR) is 104 cm³/mol. The molecular formula is C22H27N3O. The lowest BCUT2D eigenvalue weighted by Crippen LogP contribution is -2.50. The zero-order valence-electron chi connectivity index (χ0n) is 15.2. The summed E-state index contributed by atoms with van der Waals surface area (Å²) in [7, 11) is 0. The van der Waals surface area contributed by atoms with E-state index in [4.69, 9.17) is 0 Å². The van der Waals surface area contributed by atoms with E-state index in [1.54, 1.807) is 0 Å². The zero-order valence-corrected chi connectivity index (χ0v) is 15.2. The van der Waals surface area contributed by atoms with E-state index in [1.807, 2.05) is 18.2 Å². The largest absolute Gasteiger partial charge is 0.352 e. The van der Waals surface area contributed by atoms with Crippen molar-refractivity contribution in [2.24, 2.45) is 0 Å². The molecule has 1 heterocycles. The van der Waals surface area contributed by atoms with Crippen molar-refractivity contribution < 1.29 is 4.79 Å². The number of amides is 1. The molecule has 2 aliphatic rings. The summed E-state index contributed by atoms with van der Waals surface area (Å²) < 4.78 is 0. The molecule has 1 saturated carbocycles. The van der Waals surface area contributed by atoms with Crippen molar-refractivity contribution in [2.45, 2.75) is 31.5 Å². The standard InChI is InChI=1S/C22H27N3O/c26-22(23-20-11-12-20)21(19-9-5-2-6-10-19)25-15-13-24(14-16-25)17-18-7-3-1-4-8-18/h1-10,20-21H,11-17H2,(H,23,26)/t21-/m0/s1. The Morgan fingerprint density at radius 1 is 0.923 bits per heavy atom. The Balaban J connectivity index is 1.41. The van der Waals surface area contributed by atoms with Gasteiger partial charge >= 0.3 is 0 Å². The quantitative estimate of drug-likeness (QED) is 0.871. The number of rotatable bonds is 6. The van der Waals surface area contributed by atoms with Gasteiger partial charge in [0.2, 0.25) is 5.91 Å². The number of carbonyl (C=O) groups is 1. The Kier molecular flexibility index (Phi) is 5.32. The van der Waals surface area contributed by atoms with E-state index >= 15 is 0 Å². The smallest absolute Gasteiger partial charge is 0.242 e. The Morgan fingerprint density at radius 3 is 2.15 bits per heavy atom. The number of nitrogens with zero attached hydrogens (tertiary/aromatic N) is 2. The van der Waals surface area contributed by atoms with Crippen LogP contribution >= 0.6 is 0 Å². The molecule has 2 aromatic carbocycles. The van der Waals surface area contributed by atoms with Crippen molar-refractivity contribution in [1.82, 2.24) is 15.1 Å². The van der Waals surface area contributed by atoms with Crippen molar-refractivity contribution in [3.8, 4) is 0 Å². The van der Waals surface area contributed by atoms with E-state index < -0.39 is 0 Å². The molecule has 1 saturated heterocycles. The molecule has 1 atom stereocenters. The first-order valence-electron chi connectivity index (χ1n) is 9.65. The Hall–Kier alpha value is -2.17. The molecule has 0 bridgehead atoms. The van der Waals surface area contributed by atoms with E-state index in [1.165, 1.54) is 5.56 Å². The van der Waals surface area contributed by atoms with Gasteiger partial charge in [0.15, 0.2) is 0 Å². The molecule has 26 heavy (non-hydrogen) atoms. The Labute approximate surface area is 155 Å². The number of carbonyl (C=O) groups excluding carboxylic acids is 1. The number of piperazine rings is 1. The maximum Gasteiger partial charge on any atom is 0.242 e. The second kappa shape index (κ2) is 8.02. The van der Waals surface area contributed by atoms with Crippen LogP contribution in [0.25, 0.3) is 0 Å². The Morgan fingerprint density at radius 2 is 1.54 bits per heavy atom. The van der Waals surface area contributed by atoms with Crippen LogP contribution in [-0.2, 0) is 11.3 Å². The average Bonchev–Trinajstić information content (AvgIpc) is 3.49. The first-order valence-corrected chi connectivity index (χ1v) is 9.65. The highest BCUT2D eigenvalue weighted by Crippen LogP contribution is 2.26. The fourth-order valence-corrected chi connectivity index (χ4v) is 3.69. The fourth-order valence-electron chi connectivity index (χ4n) is 3.69. The van der Waals surface area contributed by atoms with Gasteiger partial charge in [0.25, 0.3) is 0 Å². The molecule has 2 fully saturated rings. The van der Waals surface area contributed by atoms with Crippen molar-refractivity contribution in [3.05, 3.63) is 71.8 Å². The maximum atomic E-state index is 12.9. The van der Waals surface area contributed by atoms with Gasteiger partial charge in [-0.1, -0.05) is 60.7 Å². The van der Waals surface area contributed by atoms with Crippen LogP contribution in [0.1, 0.15) is 30.0 Å². The van der Waals surface area contributed by atoms with Gasteiger partial charge < -0.3 is 5.32 Å². The topological polar surface area (TPSA) is 35.6 Å². The van der Waals surface area contributed by atoms with Crippen LogP contribution in [0.2, 0.25) is 0 Å². The minimum Gasteiger partial charge on any atom is -0.352 e.